The third kappa shape index (κ3) is 4.45. The van der Waals surface area contributed by atoms with Crippen LogP contribution >= 0.6 is 0 Å². The third-order valence-corrected chi connectivity index (χ3v) is 4.17. The number of benzene rings is 1. The zero-order chi connectivity index (χ0) is 17.5. The first-order valence-corrected chi connectivity index (χ1v) is 8.58. The van der Waals surface area contributed by atoms with Gasteiger partial charge in [-0.2, -0.15) is 0 Å². The molecule has 0 radical (unpaired) electrons. The maximum absolute atomic E-state index is 12.7. The highest BCUT2D eigenvalue weighted by Gasteiger charge is 2.23. The molecular formula is C19H27N3O2. The number of amides is 1. The summed E-state index contributed by atoms with van der Waals surface area (Å²) >= 11 is 0. The predicted octanol–water partition coefficient (Wildman–Crippen LogP) is 3.67. The molecule has 0 spiro atoms. The van der Waals surface area contributed by atoms with Crippen molar-refractivity contribution in [2.45, 2.75) is 27.2 Å². The number of hydrogen-bond donors (Lipinski definition) is 0. The van der Waals surface area contributed by atoms with Gasteiger partial charge in [-0.3, -0.25) is 9.69 Å². The van der Waals surface area contributed by atoms with Crippen LogP contribution in [-0.4, -0.2) is 42.6 Å². The van der Waals surface area contributed by atoms with Crippen molar-refractivity contribution in [2.75, 3.05) is 31.6 Å². The van der Waals surface area contributed by atoms with Crippen molar-refractivity contribution in [1.29, 1.82) is 0 Å². The third-order valence-electron chi connectivity index (χ3n) is 4.17. The Morgan fingerprint density at radius 1 is 1.25 bits per heavy atom. The van der Waals surface area contributed by atoms with E-state index in [1.807, 2.05) is 43.3 Å². The monoisotopic (exact) mass is 329 g/mol. The van der Waals surface area contributed by atoms with Crippen LogP contribution in [0.1, 0.15) is 27.2 Å². The molecule has 0 bridgehead atoms. The van der Waals surface area contributed by atoms with Crippen molar-refractivity contribution in [3.63, 3.8) is 0 Å². The van der Waals surface area contributed by atoms with Crippen molar-refractivity contribution in [3.05, 3.63) is 36.4 Å². The molecule has 1 amide bonds. The lowest BCUT2D eigenvalue weighted by Gasteiger charge is -2.25. The van der Waals surface area contributed by atoms with Crippen LogP contribution in [0.5, 0.6) is 0 Å². The summed E-state index contributed by atoms with van der Waals surface area (Å²) in [7, 11) is 1.74. The van der Waals surface area contributed by atoms with Crippen molar-refractivity contribution in [2.24, 2.45) is 5.92 Å². The molecule has 0 aliphatic carbocycles. The van der Waals surface area contributed by atoms with E-state index < -0.39 is 0 Å². The van der Waals surface area contributed by atoms with Crippen LogP contribution < -0.4 is 4.90 Å². The van der Waals surface area contributed by atoms with Crippen LogP contribution in [0.25, 0.3) is 11.3 Å². The van der Waals surface area contributed by atoms with Crippen molar-refractivity contribution in [1.82, 2.24) is 10.1 Å². The molecule has 0 aliphatic heterocycles. The van der Waals surface area contributed by atoms with Crippen molar-refractivity contribution >= 4 is 11.8 Å². The summed E-state index contributed by atoms with van der Waals surface area (Å²) in [5, 5.41) is 4.08. The lowest BCUT2D eigenvalue weighted by molar-refractivity contribution is -0.122. The Balaban J connectivity index is 2.04. The normalized spacial score (nSPS) is 12.4. The summed E-state index contributed by atoms with van der Waals surface area (Å²) in [6.07, 6.45) is 1.09. The fourth-order valence-corrected chi connectivity index (χ4v) is 2.77. The molecule has 5 nitrogen and oxygen atoms in total. The van der Waals surface area contributed by atoms with Crippen LogP contribution in [0.4, 0.5) is 5.88 Å². The van der Waals surface area contributed by atoms with Gasteiger partial charge < -0.3 is 9.42 Å². The summed E-state index contributed by atoms with van der Waals surface area (Å²) in [6.45, 7) is 8.97. The Bertz CT molecular complexity index is 639. The highest BCUT2D eigenvalue weighted by Crippen LogP contribution is 2.24. The summed E-state index contributed by atoms with van der Waals surface area (Å²) in [5.74, 6) is 0.427. The number of carbonyl (C=O) groups is 1. The van der Waals surface area contributed by atoms with Crippen LogP contribution in [-0.2, 0) is 4.79 Å². The van der Waals surface area contributed by atoms with E-state index in [9.17, 15) is 4.79 Å². The molecule has 1 unspecified atom stereocenters. The van der Waals surface area contributed by atoms with E-state index in [1.165, 1.54) is 0 Å². The highest BCUT2D eigenvalue weighted by atomic mass is 16.5. The molecule has 24 heavy (non-hydrogen) atoms. The highest BCUT2D eigenvalue weighted by molar-refractivity contribution is 5.93. The number of rotatable bonds is 8. The predicted molar refractivity (Wildman–Crippen MR) is 96.9 cm³/mol. The quantitative estimate of drug-likeness (QED) is 0.741. The first-order chi connectivity index (χ1) is 11.6. The van der Waals surface area contributed by atoms with Crippen LogP contribution in [0.2, 0.25) is 0 Å². The van der Waals surface area contributed by atoms with Gasteiger partial charge in [0.25, 0.3) is 0 Å². The largest absolute Gasteiger partial charge is 0.338 e. The van der Waals surface area contributed by atoms with Crippen LogP contribution in [0.3, 0.4) is 0 Å². The number of hydrogen-bond acceptors (Lipinski definition) is 4. The molecule has 0 N–H and O–H groups in total. The topological polar surface area (TPSA) is 49.6 Å². The second-order valence-electron chi connectivity index (χ2n) is 6.11. The first kappa shape index (κ1) is 18.2. The second-order valence-corrected chi connectivity index (χ2v) is 6.11. The Morgan fingerprint density at radius 3 is 2.58 bits per heavy atom. The number of anilines is 1. The van der Waals surface area contributed by atoms with Crippen molar-refractivity contribution in [3.8, 4) is 11.3 Å². The van der Waals surface area contributed by atoms with Gasteiger partial charge in [-0.1, -0.05) is 56.3 Å². The lowest BCUT2D eigenvalue weighted by Crippen LogP contribution is -2.38. The summed E-state index contributed by atoms with van der Waals surface area (Å²) in [5.41, 5.74) is 1.71. The molecule has 1 aromatic carbocycles. The summed E-state index contributed by atoms with van der Waals surface area (Å²) in [4.78, 5) is 16.5. The molecule has 1 heterocycles. The zero-order valence-corrected chi connectivity index (χ0v) is 15.0. The summed E-state index contributed by atoms with van der Waals surface area (Å²) < 4.78 is 5.37. The van der Waals surface area contributed by atoms with Crippen LogP contribution in [0, 0.1) is 5.92 Å². The molecule has 130 valence electrons. The zero-order valence-electron chi connectivity index (χ0n) is 15.0. The van der Waals surface area contributed by atoms with Gasteiger partial charge in [0.15, 0.2) is 0 Å². The molecule has 0 saturated heterocycles. The van der Waals surface area contributed by atoms with E-state index in [2.05, 4.69) is 23.9 Å². The number of aromatic nitrogens is 1. The maximum atomic E-state index is 12.7. The number of carbonyl (C=O) groups excluding carboxylic acids is 1. The molecule has 0 fully saturated rings. The molecule has 1 atom stereocenters. The van der Waals surface area contributed by atoms with Gasteiger partial charge in [0, 0.05) is 31.1 Å². The van der Waals surface area contributed by atoms with Gasteiger partial charge in [0.05, 0.1) is 0 Å². The first-order valence-electron chi connectivity index (χ1n) is 8.58. The maximum Gasteiger partial charge on any atom is 0.234 e. The summed E-state index contributed by atoms with van der Waals surface area (Å²) in [6, 6.07) is 11.6. The van der Waals surface area contributed by atoms with Gasteiger partial charge >= 0.3 is 0 Å². The molecular weight excluding hydrogens is 302 g/mol. The van der Waals surface area contributed by atoms with Gasteiger partial charge in [0.2, 0.25) is 11.8 Å². The molecule has 0 saturated carbocycles. The molecule has 0 aliphatic rings. The average Bonchev–Trinajstić information content (AvgIpc) is 3.10. The molecule has 2 rings (SSSR count). The SMILES string of the molecule is CCCN(CC)CC(C)C(=O)N(C)c1cc(-c2ccccc2)no1. The minimum Gasteiger partial charge on any atom is -0.338 e. The number of nitrogens with zero attached hydrogens (tertiary/aromatic N) is 3. The Morgan fingerprint density at radius 2 is 1.96 bits per heavy atom. The second kappa shape index (κ2) is 8.64. The van der Waals surface area contributed by atoms with E-state index in [0.717, 1.165) is 37.3 Å². The van der Waals surface area contributed by atoms with E-state index in [4.69, 9.17) is 4.52 Å². The van der Waals surface area contributed by atoms with E-state index in [0.29, 0.717) is 5.88 Å². The minimum atomic E-state index is -0.0909. The minimum absolute atomic E-state index is 0.0420. The average molecular weight is 329 g/mol. The molecule has 5 heteroatoms. The van der Waals surface area contributed by atoms with Gasteiger partial charge in [-0.05, 0) is 19.5 Å². The lowest BCUT2D eigenvalue weighted by atomic mass is 10.1. The smallest absolute Gasteiger partial charge is 0.234 e. The Labute approximate surface area is 144 Å². The Kier molecular flexibility index (Phi) is 6.55. The van der Waals surface area contributed by atoms with Gasteiger partial charge in [-0.15, -0.1) is 0 Å². The Hall–Kier alpha value is -2.14. The van der Waals surface area contributed by atoms with E-state index in [1.54, 1.807) is 11.9 Å². The molecule has 2 aromatic rings. The fraction of sp³-hybridized carbons (Fsp3) is 0.474. The van der Waals surface area contributed by atoms with Crippen LogP contribution in [0.15, 0.2) is 40.9 Å². The standard InChI is InChI=1S/C19H27N3O2/c1-5-12-22(6-2)14-15(3)19(23)21(4)18-13-17(20-24-18)16-10-8-7-9-11-16/h7-11,13,15H,5-6,12,14H2,1-4H3. The van der Waals surface area contributed by atoms with Gasteiger partial charge in [0.1, 0.15) is 5.69 Å². The van der Waals surface area contributed by atoms with Crippen molar-refractivity contribution < 1.29 is 9.32 Å². The molecule has 1 aromatic heterocycles. The van der Waals surface area contributed by atoms with E-state index >= 15 is 0 Å². The van der Waals surface area contributed by atoms with E-state index in [-0.39, 0.29) is 11.8 Å². The van der Waals surface area contributed by atoms with Gasteiger partial charge in [-0.25, -0.2) is 0 Å². The fourth-order valence-electron chi connectivity index (χ4n) is 2.77.